The molecule has 0 spiro atoms. The van der Waals surface area contributed by atoms with Gasteiger partial charge < -0.3 is 13.7 Å². The van der Waals surface area contributed by atoms with E-state index in [9.17, 15) is 0 Å². The molecule has 4 aliphatic rings. The van der Waals surface area contributed by atoms with Gasteiger partial charge in [0.2, 0.25) is 0 Å². The Hall–Kier alpha value is -0.176. The fraction of sp³-hybridized carbons (Fsp3) is 0.964. The first-order valence-electron chi connectivity index (χ1n) is 14.2. The number of hydrogen-bond acceptors (Lipinski definition) is 4. The Labute approximate surface area is 212 Å². The standard InChI is InChI=1S/C28H53NO3Si2/c1-27-16-14-21(32-34(7,8)9)18-20(27)10-11-22-23-12-13-25(28(23,2)17-15-24(22)27)26(29-30-3)19-31-33(4,5)6/h20-25H,10-19H2,1-9H3/b29-26-/t20-,21-,22+,23+,24+,25-,27+,28+/m1/s1. The number of nitrogens with zero attached hydrogens (tertiary/aromatic N) is 1. The van der Waals surface area contributed by atoms with Crippen molar-refractivity contribution in [2.75, 3.05) is 13.7 Å². The van der Waals surface area contributed by atoms with Crippen LogP contribution in [0.4, 0.5) is 0 Å². The van der Waals surface area contributed by atoms with Crippen LogP contribution in [0.3, 0.4) is 0 Å². The van der Waals surface area contributed by atoms with Crippen molar-refractivity contribution in [3.63, 3.8) is 0 Å². The highest BCUT2D eigenvalue weighted by molar-refractivity contribution is 6.70. The van der Waals surface area contributed by atoms with Gasteiger partial charge in [0, 0.05) is 12.0 Å². The number of oxime groups is 1. The Bertz CT molecular complexity index is 760. The van der Waals surface area contributed by atoms with Gasteiger partial charge in [0.25, 0.3) is 0 Å². The van der Waals surface area contributed by atoms with Crippen LogP contribution in [0.25, 0.3) is 0 Å². The Kier molecular flexibility index (Phi) is 7.59. The largest absolute Gasteiger partial charge is 0.415 e. The molecular weight excluding hydrogens is 454 g/mol. The summed E-state index contributed by atoms with van der Waals surface area (Å²) in [6.07, 6.45) is 12.7. The summed E-state index contributed by atoms with van der Waals surface area (Å²) in [7, 11) is -1.35. The SMILES string of the molecule is CO/N=C(/CO[Si](C)(C)C)[C@H]1CC[C@H]2[C@@H]3CC[C@@H]4C[C@H](O[Si](C)(C)C)CC[C@]4(C)[C@H]3CC[C@]12C. The molecule has 4 nitrogen and oxygen atoms in total. The summed E-state index contributed by atoms with van der Waals surface area (Å²) in [6, 6.07) is 0. The number of hydrogen-bond donors (Lipinski definition) is 0. The van der Waals surface area contributed by atoms with E-state index in [2.05, 4.69) is 58.3 Å². The maximum atomic E-state index is 6.61. The predicted molar refractivity (Wildman–Crippen MR) is 147 cm³/mol. The van der Waals surface area contributed by atoms with Crippen LogP contribution in [-0.2, 0) is 13.7 Å². The Morgan fingerprint density at radius 3 is 2.15 bits per heavy atom. The van der Waals surface area contributed by atoms with Crippen LogP contribution in [0.5, 0.6) is 0 Å². The molecule has 4 rings (SSSR count). The van der Waals surface area contributed by atoms with Crippen LogP contribution in [0.1, 0.15) is 71.6 Å². The van der Waals surface area contributed by atoms with E-state index in [-0.39, 0.29) is 0 Å². The fourth-order valence-corrected chi connectivity index (χ4v) is 10.8. The van der Waals surface area contributed by atoms with Gasteiger partial charge in [-0.1, -0.05) is 19.0 Å². The van der Waals surface area contributed by atoms with E-state index >= 15 is 0 Å². The molecule has 0 amide bonds. The summed E-state index contributed by atoms with van der Waals surface area (Å²) in [5.41, 5.74) is 2.05. The van der Waals surface area contributed by atoms with Gasteiger partial charge in [-0.15, -0.1) is 0 Å². The van der Waals surface area contributed by atoms with E-state index < -0.39 is 16.6 Å². The fourth-order valence-electron chi connectivity index (χ4n) is 8.97. The molecule has 0 bridgehead atoms. The third-order valence-corrected chi connectivity index (χ3v) is 12.5. The average molecular weight is 508 g/mol. The zero-order valence-electron chi connectivity index (χ0n) is 23.7. The van der Waals surface area contributed by atoms with Crippen LogP contribution in [0.2, 0.25) is 39.3 Å². The minimum absolute atomic E-state index is 0.350. The minimum atomic E-state index is -1.59. The van der Waals surface area contributed by atoms with Gasteiger partial charge in [0.1, 0.15) is 7.11 Å². The molecule has 0 aromatic rings. The second kappa shape index (κ2) is 9.61. The zero-order valence-corrected chi connectivity index (χ0v) is 25.7. The lowest BCUT2D eigenvalue weighted by atomic mass is 9.44. The Morgan fingerprint density at radius 2 is 1.50 bits per heavy atom. The molecular formula is C28H53NO3Si2. The second-order valence-corrected chi connectivity index (χ2v) is 23.6. The molecule has 0 aromatic carbocycles. The van der Waals surface area contributed by atoms with Gasteiger partial charge in [0.15, 0.2) is 16.6 Å². The van der Waals surface area contributed by atoms with Crippen LogP contribution >= 0.6 is 0 Å². The highest BCUT2D eigenvalue weighted by Crippen LogP contribution is 2.67. The van der Waals surface area contributed by atoms with E-state index in [0.29, 0.717) is 29.5 Å². The molecule has 0 saturated heterocycles. The molecule has 0 N–H and O–H groups in total. The molecule has 4 aliphatic carbocycles. The van der Waals surface area contributed by atoms with E-state index in [1.54, 1.807) is 7.11 Å². The lowest BCUT2D eigenvalue weighted by molar-refractivity contribution is -0.121. The van der Waals surface area contributed by atoms with E-state index in [0.717, 1.165) is 23.7 Å². The third kappa shape index (κ3) is 5.26. The average Bonchev–Trinajstić information content (AvgIpc) is 3.07. The van der Waals surface area contributed by atoms with Crippen LogP contribution < -0.4 is 0 Å². The maximum absolute atomic E-state index is 6.61. The molecule has 0 unspecified atom stereocenters. The summed E-state index contributed by atoms with van der Waals surface area (Å²) >= 11 is 0. The molecule has 4 fully saturated rings. The molecule has 8 atom stereocenters. The molecule has 0 aliphatic heterocycles. The molecule has 4 saturated carbocycles. The van der Waals surface area contributed by atoms with Gasteiger partial charge in [-0.3, -0.25) is 0 Å². The highest BCUT2D eigenvalue weighted by Gasteiger charge is 2.61. The molecule has 0 radical (unpaired) electrons. The van der Waals surface area contributed by atoms with Crippen molar-refractivity contribution in [3.8, 4) is 0 Å². The first-order chi connectivity index (χ1) is 15.8. The van der Waals surface area contributed by atoms with Crippen molar-refractivity contribution in [2.45, 2.75) is 117 Å². The second-order valence-electron chi connectivity index (χ2n) is 14.6. The lowest BCUT2D eigenvalue weighted by Crippen LogP contribution is -2.55. The summed E-state index contributed by atoms with van der Waals surface area (Å²) in [4.78, 5) is 5.36. The summed E-state index contributed by atoms with van der Waals surface area (Å²) in [6.45, 7) is 19.8. The van der Waals surface area contributed by atoms with Gasteiger partial charge in [-0.25, -0.2) is 0 Å². The van der Waals surface area contributed by atoms with Gasteiger partial charge >= 0.3 is 0 Å². The van der Waals surface area contributed by atoms with Crippen molar-refractivity contribution < 1.29 is 13.7 Å². The number of rotatable bonds is 7. The van der Waals surface area contributed by atoms with E-state index in [1.165, 1.54) is 63.5 Å². The third-order valence-electron chi connectivity index (χ3n) is 10.4. The summed E-state index contributed by atoms with van der Waals surface area (Å²) in [5.74, 6) is 4.00. The highest BCUT2D eigenvalue weighted by atomic mass is 28.4. The van der Waals surface area contributed by atoms with Gasteiger partial charge in [0.05, 0.1) is 12.3 Å². The summed E-state index contributed by atoms with van der Waals surface area (Å²) in [5, 5.41) is 4.57. The zero-order chi connectivity index (χ0) is 24.9. The van der Waals surface area contributed by atoms with Crippen molar-refractivity contribution in [1.82, 2.24) is 0 Å². The normalized spacial score (nSPS) is 43.1. The number of fused-ring (bicyclic) bond motifs is 5. The molecule has 34 heavy (non-hydrogen) atoms. The molecule has 0 heterocycles. The van der Waals surface area contributed by atoms with Crippen LogP contribution in [0, 0.1) is 40.4 Å². The van der Waals surface area contributed by atoms with Gasteiger partial charge in [-0.2, -0.15) is 0 Å². The van der Waals surface area contributed by atoms with E-state index in [1.807, 2.05) is 0 Å². The van der Waals surface area contributed by atoms with E-state index in [4.69, 9.17) is 13.7 Å². The first kappa shape index (κ1) is 26.9. The van der Waals surface area contributed by atoms with Gasteiger partial charge in [-0.05, 0) is 132 Å². The molecule has 6 heteroatoms. The lowest BCUT2D eigenvalue weighted by Gasteiger charge is -2.61. The van der Waals surface area contributed by atoms with Crippen molar-refractivity contribution in [2.24, 2.45) is 45.6 Å². The van der Waals surface area contributed by atoms with Crippen LogP contribution in [-0.4, -0.2) is 42.2 Å². The van der Waals surface area contributed by atoms with Crippen molar-refractivity contribution >= 4 is 22.3 Å². The predicted octanol–water partition coefficient (Wildman–Crippen LogP) is 7.72. The van der Waals surface area contributed by atoms with Crippen molar-refractivity contribution in [3.05, 3.63) is 0 Å². The minimum Gasteiger partial charge on any atom is -0.415 e. The summed E-state index contributed by atoms with van der Waals surface area (Å²) < 4.78 is 12.9. The molecule has 196 valence electrons. The molecule has 0 aromatic heterocycles. The van der Waals surface area contributed by atoms with Crippen molar-refractivity contribution in [1.29, 1.82) is 0 Å². The Morgan fingerprint density at radius 1 is 0.824 bits per heavy atom. The monoisotopic (exact) mass is 507 g/mol. The maximum Gasteiger partial charge on any atom is 0.184 e. The Balaban J connectivity index is 1.49. The first-order valence-corrected chi connectivity index (χ1v) is 21.0. The quantitative estimate of drug-likeness (QED) is 0.201. The smallest absolute Gasteiger partial charge is 0.184 e. The topological polar surface area (TPSA) is 40.0 Å². The van der Waals surface area contributed by atoms with Crippen LogP contribution in [0.15, 0.2) is 5.16 Å².